The predicted octanol–water partition coefficient (Wildman–Crippen LogP) is 0.789. The Morgan fingerprint density at radius 2 is 2.03 bits per heavy atom. The molecule has 0 bridgehead atoms. The Balaban J connectivity index is 1.80. The van der Waals surface area contributed by atoms with E-state index in [1.54, 1.807) is 18.2 Å². The van der Waals surface area contributed by atoms with E-state index in [0.717, 1.165) is 23.8 Å². The predicted molar refractivity (Wildman–Crippen MR) is 112 cm³/mol. The Bertz CT molecular complexity index is 1150. The minimum Gasteiger partial charge on any atom is -0.480 e. The van der Waals surface area contributed by atoms with Crippen molar-refractivity contribution >= 4 is 13.7 Å². The summed E-state index contributed by atoms with van der Waals surface area (Å²) in [7, 11) is -4.34. The van der Waals surface area contributed by atoms with Crippen LogP contribution in [0.1, 0.15) is 20.1 Å². The molecule has 4 unspecified atom stereocenters. The second-order valence-corrected chi connectivity index (χ2v) is 9.22. The summed E-state index contributed by atoms with van der Waals surface area (Å²) in [6.07, 6.45) is -3.87. The summed E-state index contributed by atoms with van der Waals surface area (Å²) in [5, 5.41) is 21.8. The number of rotatable bonds is 9. The Hall–Kier alpha value is -2.83. The first-order chi connectivity index (χ1) is 15.4. The second kappa shape index (κ2) is 9.57. The molecule has 0 aliphatic carbocycles. The average Bonchev–Trinajstić information content (AvgIpc) is 2.96. The molecule has 1 aromatic carbocycles. The SMILES string of the molecule is C[C@H](NP(=O)(OCC1OC(n2ccc(=O)[nH]c2=O)[C@](C)(F)C1O)Oc1ccccc1)C(=O)O. The highest BCUT2D eigenvalue weighted by molar-refractivity contribution is 7.52. The molecule has 3 rings (SSSR count). The van der Waals surface area contributed by atoms with Gasteiger partial charge in [0.2, 0.25) is 0 Å². The molecule has 0 radical (unpaired) electrons. The number of carboxylic acid groups (broad SMARTS) is 1. The molecule has 12 nitrogen and oxygen atoms in total. The van der Waals surface area contributed by atoms with Crippen molar-refractivity contribution in [3.05, 3.63) is 63.4 Å². The van der Waals surface area contributed by atoms with Crippen LogP contribution >= 0.6 is 7.75 Å². The van der Waals surface area contributed by atoms with E-state index in [4.69, 9.17) is 18.9 Å². The maximum Gasteiger partial charge on any atom is 0.459 e. The van der Waals surface area contributed by atoms with Gasteiger partial charge in [-0.2, -0.15) is 5.09 Å². The third-order valence-corrected chi connectivity index (χ3v) is 6.56. The molecular formula is C19H23FN3O9P. The molecule has 180 valence electrons. The number of nitrogens with one attached hydrogen (secondary N) is 2. The number of aliphatic hydroxyl groups is 1. The number of para-hydroxylation sites is 1. The maximum atomic E-state index is 15.3. The monoisotopic (exact) mass is 487 g/mol. The van der Waals surface area contributed by atoms with E-state index < -0.39 is 61.7 Å². The number of aliphatic hydroxyl groups excluding tert-OH is 1. The van der Waals surface area contributed by atoms with Gasteiger partial charge in [0.1, 0.15) is 24.0 Å². The number of nitrogens with zero attached hydrogens (tertiary/aromatic N) is 1. The summed E-state index contributed by atoms with van der Waals surface area (Å²) in [5.41, 5.74) is -4.16. The summed E-state index contributed by atoms with van der Waals surface area (Å²) in [4.78, 5) is 36.5. The van der Waals surface area contributed by atoms with Crippen LogP contribution in [0.25, 0.3) is 0 Å². The molecule has 1 aliphatic heterocycles. The zero-order chi connectivity index (χ0) is 24.4. The Morgan fingerprint density at radius 1 is 1.36 bits per heavy atom. The van der Waals surface area contributed by atoms with E-state index in [-0.39, 0.29) is 5.75 Å². The first kappa shape index (κ1) is 24.8. The Kier molecular flexibility index (Phi) is 7.20. The minimum atomic E-state index is -4.34. The molecule has 2 aromatic rings. The first-order valence-electron chi connectivity index (χ1n) is 9.77. The number of hydrogen-bond donors (Lipinski definition) is 4. The molecular weight excluding hydrogens is 464 g/mol. The normalized spacial score (nSPS) is 27.6. The number of ether oxygens (including phenoxy) is 1. The van der Waals surface area contributed by atoms with Crippen molar-refractivity contribution in [2.75, 3.05) is 6.61 Å². The third kappa shape index (κ3) is 5.57. The molecule has 1 aromatic heterocycles. The fourth-order valence-electron chi connectivity index (χ4n) is 3.14. The lowest BCUT2D eigenvalue weighted by atomic mass is 9.98. The average molecular weight is 487 g/mol. The number of carboxylic acids is 1. The van der Waals surface area contributed by atoms with Gasteiger partial charge in [0.15, 0.2) is 11.9 Å². The molecule has 6 atom stereocenters. The lowest BCUT2D eigenvalue weighted by molar-refractivity contribution is -0.138. The van der Waals surface area contributed by atoms with Crippen LogP contribution < -0.4 is 20.9 Å². The lowest BCUT2D eigenvalue weighted by Crippen LogP contribution is -2.43. The van der Waals surface area contributed by atoms with Crippen LogP contribution in [0, 0.1) is 0 Å². The fraction of sp³-hybridized carbons (Fsp3) is 0.421. The largest absolute Gasteiger partial charge is 0.480 e. The summed E-state index contributed by atoms with van der Waals surface area (Å²) < 4.78 is 45.4. The number of benzene rings is 1. The molecule has 0 saturated carbocycles. The third-order valence-electron chi connectivity index (χ3n) is 4.92. The van der Waals surface area contributed by atoms with Crippen molar-refractivity contribution < 1.29 is 37.7 Å². The van der Waals surface area contributed by atoms with Crippen molar-refractivity contribution in [3.63, 3.8) is 0 Å². The topological polar surface area (TPSA) is 169 Å². The Labute approximate surface area is 186 Å². The molecule has 33 heavy (non-hydrogen) atoms. The molecule has 2 heterocycles. The number of aliphatic carboxylic acids is 1. The first-order valence-corrected chi connectivity index (χ1v) is 11.3. The number of aromatic nitrogens is 2. The molecule has 14 heteroatoms. The van der Waals surface area contributed by atoms with Crippen LogP contribution in [-0.4, -0.2) is 56.3 Å². The van der Waals surface area contributed by atoms with Crippen LogP contribution in [0.15, 0.2) is 52.2 Å². The molecule has 1 fully saturated rings. The highest BCUT2D eigenvalue weighted by atomic mass is 31.2. The quantitative estimate of drug-likeness (QED) is 0.371. The van der Waals surface area contributed by atoms with Crippen molar-refractivity contribution in [1.82, 2.24) is 14.6 Å². The lowest BCUT2D eigenvalue weighted by Gasteiger charge is -2.25. The minimum absolute atomic E-state index is 0.104. The van der Waals surface area contributed by atoms with Crippen molar-refractivity contribution in [1.29, 1.82) is 0 Å². The summed E-state index contributed by atoms with van der Waals surface area (Å²) in [6, 6.07) is 7.41. The van der Waals surface area contributed by atoms with E-state index in [1.165, 1.54) is 19.1 Å². The van der Waals surface area contributed by atoms with E-state index in [2.05, 4.69) is 5.09 Å². The summed E-state index contributed by atoms with van der Waals surface area (Å²) in [6.45, 7) is 1.52. The standard InChI is InChI=1S/C19H23FN3O9P/c1-11(16(26)27)22-33(29,32-12-6-4-3-5-7-12)30-10-13-15(25)19(2,20)17(31-13)23-9-8-14(24)21-18(23)28/h3-9,11,13,15,17,25H,10H2,1-2H3,(H,22,29)(H,26,27)(H,21,24,28)/t11-,13?,15?,17?,19+,33?/m0/s1. The van der Waals surface area contributed by atoms with E-state index in [0.29, 0.717) is 0 Å². The smallest absolute Gasteiger partial charge is 0.459 e. The highest BCUT2D eigenvalue weighted by Gasteiger charge is 2.55. The zero-order valence-electron chi connectivity index (χ0n) is 17.6. The van der Waals surface area contributed by atoms with E-state index in [1.807, 2.05) is 4.98 Å². The van der Waals surface area contributed by atoms with Crippen LogP contribution in [0.2, 0.25) is 0 Å². The van der Waals surface area contributed by atoms with Crippen LogP contribution in [0.3, 0.4) is 0 Å². The number of alkyl halides is 1. The van der Waals surface area contributed by atoms with Gasteiger partial charge in [0.05, 0.1) is 6.61 Å². The zero-order valence-corrected chi connectivity index (χ0v) is 18.5. The van der Waals surface area contributed by atoms with E-state index in [9.17, 15) is 24.1 Å². The van der Waals surface area contributed by atoms with Gasteiger partial charge in [0.25, 0.3) is 5.56 Å². The van der Waals surface area contributed by atoms with Gasteiger partial charge in [-0.1, -0.05) is 18.2 Å². The van der Waals surface area contributed by atoms with Crippen LogP contribution in [-0.2, 0) is 18.6 Å². The fourth-order valence-corrected chi connectivity index (χ4v) is 4.64. The number of aromatic amines is 1. The molecule has 1 aliphatic rings. The van der Waals surface area contributed by atoms with Gasteiger partial charge in [-0.3, -0.25) is 23.7 Å². The van der Waals surface area contributed by atoms with Crippen molar-refractivity contribution in [3.8, 4) is 5.75 Å². The van der Waals surface area contributed by atoms with Gasteiger partial charge in [0, 0.05) is 12.3 Å². The van der Waals surface area contributed by atoms with E-state index >= 15 is 4.39 Å². The summed E-state index contributed by atoms with van der Waals surface area (Å²) >= 11 is 0. The molecule has 0 spiro atoms. The van der Waals surface area contributed by atoms with Crippen molar-refractivity contribution in [2.24, 2.45) is 0 Å². The van der Waals surface area contributed by atoms with Gasteiger partial charge < -0.3 is 19.5 Å². The Morgan fingerprint density at radius 3 is 2.64 bits per heavy atom. The van der Waals surface area contributed by atoms with Gasteiger partial charge in [-0.15, -0.1) is 0 Å². The maximum absolute atomic E-state index is 15.3. The number of carbonyl (C=O) groups is 1. The second-order valence-electron chi connectivity index (χ2n) is 7.53. The molecule has 4 N–H and O–H groups in total. The molecule has 1 saturated heterocycles. The van der Waals surface area contributed by atoms with Gasteiger partial charge >= 0.3 is 19.4 Å². The number of H-pyrrole nitrogens is 1. The highest BCUT2D eigenvalue weighted by Crippen LogP contribution is 2.47. The van der Waals surface area contributed by atoms with Crippen LogP contribution in [0.5, 0.6) is 5.75 Å². The molecule has 0 amide bonds. The number of halogens is 1. The van der Waals surface area contributed by atoms with Gasteiger partial charge in [-0.05, 0) is 26.0 Å². The van der Waals surface area contributed by atoms with Crippen LogP contribution in [0.4, 0.5) is 4.39 Å². The van der Waals surface area contributed by atoms with Crippen molar-refractivity contribution in [2.45, 2.75) is 44.0 Å². The van der Waals surface area contributed by atoms with Gasteiger partial charge in [-0.25, -0.2) is 13.8 Å². The summed E-state index contributed by atoms with van der Waals surface area (Å²) in [5.74, 6) is -1.23. The number of hydrogen-bond acceptors (Lipinski definition) is 8.